The average Bonchev–Trinajstić information content (AvgIpc) is 3.04. The number of rotatable bonds is 4. The van der Waals surface area contributed by atoms with Crippen LogP contribution >= 0.6 is 0 Å². The lowest BCUT2D eigenvalue weighted by Gasteiger charge is -2.60. The molecule has 0 amide bonds. The maximum atomic E-state index is 13.4. The summed E-state index contributed by atoms with van der Waals surface area (Å²) in [5.74, 6) is 3.08. The van der Waals surface area contributed by atoms with Crippen molar-refractivity contribution in [3.8, 4) is 0 Å². The minimum Gasteiger partial charge on any atom is -0.469 e. The summed E-state index contributed by atoms with van der Waals surface area (Å²) in [6, 6.07) is 0. The number of ketones is 1. The zero-order chi connectivity index (χ0) is 21.0. The van der Waals surface area contributed by atoms with Gasteiger partial charge in [0.05, 0.1) is 13.2 Å². The second-order valence-corrected chi connectivity index (χ2v) is 11.4. The normalized spacial score (nSPS) is 47.7. The predicted octanol–water partition coefficient (Wildman–Crippen LogP) is 4.77. The lowest BCUT2D eigenvalue weighted by atomic mass is 9.44. The zero-order valence-electron chi connectivity index (χ0n) is 18.8. The van der Waals surface area contributed by atoms with Gasteiger partial charge in [0.1, 0.15) is 5.78 Å². The molecule has 0 aromatic heterocycles. The highest BCUT2D eigenvalue weighted by atomic mass is 16.5. The minimum atomic E-state index is -0.210. The molecule has 29 heavy (non-hydrogen) atoms. The summed E-state index contributed by atoms with van der Waals surface area (Å²) in [6.07, 6.45) is 9.40. The highest BCUT2D eigenvalue weighted by molar-refractivity contribution is 5.83. The molecule has 0 aliphatic heterocycles. The molecule has 0 spiro atoms. The zero-order valence-corrected chi connectivity index (χ0v) is 18.8. The number of esters is 1. The molecule has 4 nitrogen and oxygen atoms in total. The number of fused-ring (bicyclic) bond motifs is 5. The minimum absolute atomic E-state index is 0.110. The quantitative estimate of drug-likeness (QED) is 0.685. The summed E-state index contributed by atoms with van der Waals surface area (Å²) in [5, 5.41) is 10.2. The fraction of sp³-hybridized carbons (Fsp3) is 0.920. The Hall–Kier alpha value is -0.900. The molecule has 4 aliphatic rings. The highest BCUT2D eigenvalue weighted by Crippen LogP contribution is 2.67. The third-order valence-electron chi connectivity index (χ3n) is 10.2. The number of hydrogen-bond donors (Lipinski definition) is 1. The standard InChI is InChI=1S/C25H40O4/c1-15(5-8-22(28)29-4)18-6-7-19-23-20(10-12-25(18,19)3)24(2)11-9-17(26)13-16(24)14-21(23)27/h15-20,23,26H,5-14H2,1-4H3/t15?,16-,17?,18+,19-,20?,23-,24?,25?/m0/s1. The van der Waals surface area contributed by atoms with E-state index >= 15 is 0 Å². The van der Waals surface area contributed by atoms with Crippen molar-refractivity contribution in [1.29, 1.82) is 0 Å². The second-order valence-electron chi connectivity index (χ2n) is 11.4. The number of methoxy groups -OCH3 is 1. The van der Waals surface area contributed by atoms with Crippen molar-refractivity contribution >= 4 is 11.8 Å². The van der Waals surface area contributed by atoms with Gasteiger partial charge in [-0.05, 0) is 91.8 Å². The van der Waals surface area contributed by atoms with E-state index < -0.39 is 0 Å². The summed E-state index contributed by atoms with van der Waals surface area (Å²) in [6.45, 7) is 7.18. The van der Waals surface area contributed by atoms with Gasteiger partial charge in [-0.3, -0.25) is 9.59 Å². The Morgan fingerprint density at radius 2 is 1.83 bits per heavy atom. The van der Waals surface area contributed by atoms with Gasteiger partial charge in [0.25, 0.3) is 0 Å². The predicted molar refractivity (Wildman–Crippen MR) is 112 cm³/mol. The van der Waals surface area contributed by atoms with Crippen LogP contribution < -0.4 is 0 Å². The second kappa shape index (κ2) is 7.66. The molecule has 4 heteroatoms. The Balaban J connectivity index is 1.53. The Bertz CT molecular complexity index is 659. The van der Waals surface area contributed by atoms with Gasteiger partial charge in [-0.2, -0.15) is 0 Å². The summed E-state index contributed by atoms with van der Waals surface area (Å²) in [7, 11) is 1.47. The molecule has 5 unspecified atom stereocenters. The molecule has 0 aromatic carbocycles. The molecule has 4 rings (SSSR count). The maximum Gasteiger partial charge on any atom is 0.305 e. The molecule has 4 aliphatic carbocycles. The summed E-state index contributed by atoms with van der Waals surface area (Å²) >= 11 is 0. The number of carbonyl (C=O) groups is 2. The van der Waals surface area contributed by atoms with E-state index in [0.29, 0.717) is 48.2 Å². The van der Waals surface area contributed by atoms with Crippen LogP contribution in [0.5, 0.6) is 0 Å². The molecule has 0 aromatic rings. The molecule has 4 saturated carbocycles. The molecule has 9 atom stereocenters. The highest BCUT2D eigenvalue weighted by Gasteiger charge is 2.62. The van der Waals surface area contributed by atoms with Crippen LogP contribution in [0.1, 0.15) is 85.0 Å². The van der Waals surface area contributed by atoms with Crippen molar-refractivity contribution in [3.63, 3.8) is 0 Å². The van der Waals surface area contributed by atoms with Crippen LogP contribution in [0.25, 0.3) is 0 Å². The third kappa shape index (κ3) is 3.38. The Morgan fingerprint density at radius 3 is 2.55 bits per heavy atom. The van der Waals surface area contributed by atoms with E-state index in [-0.39, 0.29) is 28.8 Å². The SMILES string of the molecule is COC(=O)CCC(C)[C@H]1CC[C@H]2[C@@H]3C(=O)C[C@@H]4CC(O)CCC4(C)C3CCC12C. The molecular formula is C25H40O4. The summed E-state index contributed by atoms with van der Waals surface area (Å²) in [5.41, 5.74) is 0.456. The van der Waals surface area contributed by atoms with Crippen LogP contribution in [-0.4, -0.2) is 30.1 Å². The largest absolute Gasteiger partial charge is 0.469 e. The molecule has 0 radical (unpaired) electrons. The van der Waals surface area contributed by atoms with Gasteiger partial charge in [0.2, 0.25) is 0 Å². The number of aliphatic hydroxyl groups is 1. The molecule has 0 saturated heterocycles. The number of hydrogen-bond acceptors (Lipinski definition) is 4. The first kappa shape index (κ1) is 21.3. The van der Waals surface area contributed by atoms with Gasteiger partial charge in [-0.25, -0.2) is 0 Å². The van der Waals surface area contributed by atoms with E-state index in [1.807, 2.05) is 0 Å². The first-order valence-corrected chi connectivity index (χ1v) is 12.0. The van der Waals surface area contributed by atoms with E-state index in [1.54, 1.807) is 0 Å². The van der Waals surface area contributed by atoms with Crippen LogP contribution in [0.2, 0.25) is 0 Å². The third-order valence-corrected chi connectivity index (χ3v) is 10.2. The van der Waals surface area contributed by atoms with Gasteiger partial charge in [0.15, 0.2) is 0 Å². The van der Waals surface area contributed by atoms with Crippen molar-refractivity contribution in [2.24, 2.45) is 46.3 Å². The molecule has 0 heterocycles. The van der Waals surface area contributed by atoms with Crippen LogP contribution in [0.4, 0.5) is 0 Å². The van der Waals surface area contributed by atoms with Gasteiger partial charge >= 0.3 is 5.97 Å². The number of carbonyl (C=O) groups excluding carboxylic acids is 2. The van der Waals surface area contributed by atoms with E-state index in [2.05, 4.69) is 20.8 Å². The van der Waals surface area contributed by atoms with Crippen molar-refractivity contribution in [2.75, 3.05) is 7.11 Å². The van der Waals surface area contributed by atoms with Gasteiger partial charge < -0.3 is 9.84 Å². The van der Waals surface area contributed by atoms with E-state index in [1.165, 1.54) is 26.4 Å². The first-order valence-electron chi connectivity index (χ1n) is 12.0. The van der Waals surface area contributed by atoms with Crippen LogP contribution in [0.3, 0.4) is 0 Å². The molecular weight excluding hydrogens is 364 g/mol. The molecule has 164 valence electrons. The van der Waals surface area contributed by atoms with Crippen molar-refractivity contribution in [3.05, 3.63) is 0 Å². The Labute approximate surface area is 176 Å². The van der Waals surface area contributed by atoms with Gasteiger partial charge in [-0.15, -0.1) is 0 Å². The van der Waals surface area contributed by atoms with Crippen LogP contribution in [0, 0.1) is 46.3 Å². The number of Topliss-reactive ketones (excluding diaryl/α,β-unsaturated/α-hetero) is 1. The maximum absolute atomic E-state index is 13.4. The topological polar surface area (TPSA) is 63.6 Å². The first-order chi connectivity index (χ1) is 13.7. The van der Waals surface area contributed by atoms with E-state index in [4.69, 9.17) is 4.74 Å². The van der Waals surface area contributed by atoms with Gasteiger partial charge in [0, 0.05) is 18.8 Å². The van der Waals surface area contributed by atoms with E-state index in [0.717, 1.165) is 32.1 Å². The molecule has 4 fully saturated rings. The fourth-order valence-electron chi connectivity index (χ4n) is 8.53. The monoisotopic (exact) mass is 404 g/mol. The Morgan fingerprint density at radius 1 is 1.14 bits per heavy atom. The lowest BCUT2D eigenvalue weighted by Crippen LogP contribution is -2.57. The van der Waals surface area contributed by atoms with Crippen molar-refractivity contribution in [2.45, 2.75) is 91.1 Å². The summed E-state index contributed by atoms with van der Waals surface area (Å²) in [4.78, 5) is 25.0. The number of aliphatic hydroxyl groups excluding tert-OH is 1. The summed E-state index contributed by atoms with van der Waals surface area (Å²) < 4.78 is 4.85. The molecule has 1 N–H and O–H groups in total. The van der Waals surface area contributed by atoms with Gasteiger partial charge in [-0.1, -0.05) is 20.8 Å². The van der Waals surface area contributed by atoms with Crippen molar-refractivity contribution < 1.29 is 19.4 Å². The van der Waals surface area contributed by atoms with Crippen LogP contribution in [-0.2, 0) is 14.3 Å². The lowest BCUT2D eigenvalue weighted by molar-refractivity contribution is -0.160. The average molecular weight is 405 g/mol. The molecule has 0 bridgehead atoms. The fourth-order valence-corrected chi connectivity index (χ4v) is 8.53. The Kier molecular flexibility index (Phi) is 5.63. The number of ether oxygens (including phenoxy) is 1. The van der Waals surface area contributed by atoms with Crippen molar-refractivity contribution in [1.82, 2.24) is 0 Å². The van der Waals surface area contributed by atoms with Crippen LogP contribution in [0.15, 0.2) is 0 Å². The van der Waals surface area contributed by atoms with E-state index in [9.17, 15) is 14.7 Å². The smallest absolute Gasteiger partial charge is 0.305 e.